The lowest BCUT2D eigenvalue weighted by Gasteiger charge is -2.01. The van der Waals surface area contributed by atoms with Gasteiger partial charge in [0.2, 0.25) is 0 Å². The highest BCUT2D eigenvalue weighted by atomic mass is 35.5. The molecule has 0 amide bonds. The Balaban J connectivity index is 2.20. The van der Waals surface area contributed by atoms with Gasteiger partial charge in [-0.05, 0) is 24.3 Å². The summed E-state index contributed by atoms with van der Waals surface area (Å²) in [6, 6.07) is 7.23. The molecule has 4 nitrogen and oxygen atoms in total. The van der Waals surface area contributed by atoms with Crippen molar-refractivity contribution in [1.29, 1.82) is 0 Å². The maximum Gasteiger partial charge on any atom is 0.252 e. The minimum Gasteiger partial charge on any atom is -0.369 e. The third-order valence-electron chi connectivity index (χ3n) is 2.32. The van der Waals surface area contributed by atoms with Crippen molar-refractivity contribution in [2.24, 2.45) is 4.99 Å². The molecule has 2 aromatic rings. The van der Waals surface area contributed by atoms with Gasteiger partial charge in [0.25, 0.3) is 5.95 Å². The zero-order valence-electron chi connectivity index (χ0n) is 11.5. The highest BCUT2D eigenvalue weighted by molar-refractivity contribution is 6.30. The molecule has 0 saturated heterocycles. The number of hydrogen-bond donors (Lipinski definition) is 0. The molecule has 0 spiro atoms. The van der Waals surface area contributed by atoms with E-state index in [1.54, 1.807) is 29.6 Å². The van der Waals surface area contributed by atoms with Crippen LogP contribution in [0, 0.1) is 11.8 Å². The highest BCUT2D eigenvalue weighted by Crippen LogP contribution is 2.15. The molecule has 2 rings (SSSR count). The summed E-state index contributed by atoms with van der Waals surface area (Å²) in [4.78, 5) is 14.0. The maximum atomic E-state index is 6.07. The molecule has 0 radical (unpaired) electrons. The molecule has 0 saturated carbocycles. The van der Waals surface area contributed by atoms with Gasteiger partial charge in [0.05, 0.1) is 11.9 Å². The van der Waals surface area contributed by atoms with Crippen molar-refractivity contribution in [3.8, 4) is 11.8 Å². The van der Waals surface area contributed by atoms with E-state index in [1.807, 2.05) is 26.2 Å². The summed E-state index contributed by atoms with van der Waals surface area (Å²) in [7, 11) is 3.72. The molecule has 6 heteroatoms. The molecule has 1 aromatic carbocycles. The Morgan fingerprint density at radius 1 is 1.14 bits per heavy atom. The van der Waals surface area contributed by atoms with Crippen molar-refractivity contribution in [2.75, 3.05) is 14.1 Å². The molecule has 0 unspecified atom stereocenters. The Morgan fingerprint density at radius 3 is 2.48 bits per heavy atom. The zero-order valence-corrected chi connectivity index (χ0v) is 13.0. The van der Waals surface area contributed by atoms with Crippen LogP contribution in [0.1, 0.15) is 11.1 Å². The van der Waals surface area contributed by atoms with E-state index in [1.165, 1.54) is 0 Å². The summed E-state index contributed by atoms with van der Waals surface area (Å²) in [5.41, 5.74) is 1.39. The molecule has 106 valence electrons. The lowest BCUT2D eigenvalue weighted by Crippen LogP contribution is -2.07. The lowest BCUT2D eigenvalue weighted by atomic mass is 10.2. The quantitative estimate of drug-likeness (QED) is 0.369. The first-order valence-corrected chi connectivity index (χ1v) is 6.81. The molecular weight excluding hydrogens is 307 g/mol. The van der Waals surface area contributed by atoms with Crippen LogP contribution < -0.4 is 0 Å². The third-order valence-corrected chi connectivity index (χ3v) is 2.86. The van der Waals surface area contributed by atoms with Gasteiger partial charge < -0.3 is 4.90 Å². The van der Waals surface area contributed by atoms with Crippen LogP contribution in [-0.4, -0.2) is 35.3 Å². The van der Waals surface area contributed by atoms with Gasteiger partial charge in [-0.15, -0.1) is 0 Å². The summed E-state index contributed by atoms with van der Waals surface area (Å²) in [6.45, 7) is 0. The number of aromatic nitrogens is 2. The standard InChI is InChI=1S/C15H12Cl2N4/c1-21(2)10-19-15-18-9-12(14(17)20-15)6-3-11-4-7-13(16)8-5-11/h4-5,7-10H,1-2H3. The fourth-order valence-electron chi connectivity index (χ4n) is 1.34. The normalized spacial score (nSPS) is 10.3. The Hall–Kier alpha value is -2.09. The van der Waals surface area contributed by atoms with Crippen LogP contribution in [0.2, 0.25) is 10.2 Å². The van der Waals surface area contributed by atoms with Crippen LogP contribution in [0.4, 0.5) is 5.95 Å². The van der Waals surface area contributed by atoms with Gasteiger partial charge >= 0.3 is 0 Å². The smallest absolute Gasteiger partial charge is 0.252 e. The first kappa shape index (κ1) is 15.3. The number of rotatable bonds is 2. The van der Waals surface area contributed by atoms with Gasteiger partial charge in [-0.3, -0.25) is 0 Å². The van der Waals surface area contributed by atoms with Crippen molar-refractivity contribution < 1.29 is 0 Å². The predicted molar refractivity (Wildman–Crippen MR) is 86.3 cm³/mol. The fraction of sp³-hybridized carbons (Fsp3) is 0.133. The van der Waals surface area contributed by atoms with Crippen molar-refractivity contribution in [3.63, 3.8) is 0 Å². The Bertz CT molecular complexity index is 713. The molecule has 0 fully saturated rings. The van der Waals surface area contributed by atoms with Crippen LogP contribution in [-0.2, 0) is 0 Å². The van der Waals surface area contributed by atoms with E-state index in [0.29, 0.717) is 16.5 Å². The molecule has 0 aliphatic rings. The molecule has 21 heavy (non-hydrogen) atoms. The summed E-state index contributed by atoms with van der Waals surface area (Å²) in [5, 5.41) is 0.947. The first-order valence-electron chi connectivity index (χ1n) is 6.05. The van der Waals surface area contributed by atoms with Crippen LogP contribution >= 0.6 is 23.2 Å². The van der Waals surface area contributed by atoms with Crippen molar-refractivity contribution in [1.82, 2.24) is 14.9 Å². The van der Waals surface area contributed by atoms with Crippen molar-refractivity contribution >= 4 is 35.5 Å². The number of benzene rings is 1. The van der Waals surface area contributed by atoms with Gasteiger partial charge in [-0.25, -0.2) is 9.98 Å². The van der Waals surface area contributed by atoms with E-state index in [9.17, 15) is 0 Å². The average Bonchev–Trinajstić information content (AvgIpc) is 2.46. The van der Waals surface area contributed by atoms with Crippen molar-refractivity contribution in [3.05, 3.63) is 51.8 Å². The number of halogens is 2. The maximum absolute atomic E-state index is 6.07. The number of nitrogens with zero attached hydrogens (tertiary/aromatic N) is 4. The topological polar surface area (TPSA) is 41.4 Å². The second-order valence-corrected chi connectivity index (χ2v) is 5.13. The van der Waals surface area contributed by atoms with Gasteiger partial charge in [-0.1, -0.05) is 35.0 Å². The first-order chi connectivity index (χ1) is 10.0. The molecule has 0 aliphatic carbocycles. The molecule has 0 atom stereocenters. The number of hydrogen-bond acceptors (Lipinski definition) is 3. The Labute approximate surface area is 133 Å². The van der Waals surface area contributed by atoms with Gasteiger partial charge in [0, 0.05) is 30.9 Å². The predicted octanol–water partition coefficient (Wildman–Crippen LogP) is 3.40. The fourth-order valence-corrected chi connectivity index (χ4v) is 1.64. The molecule has 1 aromatic heterocycles. The monoisotopic (exact) mass is 318 g/mol. The second kappa shape index (κ2) is 7.07. The van der Waals surface area contributed by atoms with E-state index in [-0.39, 0.29) is 5.15 Å². The largest absolute Gasteiger partial charge is 0.369 e. The number of aliphatic imine (C=N–C) groups is 1. The van der Waals surface area contributed by atoms with Crippen LogP contribution in [0.25, 0.3) is 0 Å². The van der Waals surface area contributed by atoms with E-state index < -0.39 is 0 Å². The molecular formula is C15H12Cl2N4. The summed E-state index contributed by atoms with van der Waals surface area (Å²) >= 11 is 11.9. The lowest BCUT2D eigenvalue weighted by molar-refractivity contribution is 0.642. The van der Waals surface area contributed by atoms with E-state index in [0.717, 1.165) is 5.56 Å². The average molecular weight is 319 g/mol. The SMILES string of the molecule is CN(C)C=Nc1ncc(C#Cc2ccc(Cl)cc2)c(Cl)n1. The molecule has 0 N–H and O–H groups in total. The Kier molecular flexibility index (Phi) is 5.15. The summed E-state index contributed by atoms with van der Waals surface area (Å²) in [5.74, 6) is 6.20. The Morgan fingerprint density at radius 2 is 1.86 bits per heavy atom. The van der Waals surface area contributed by atoms with Gasteiger partial charge in [-0.2, -0.15) is 4.98 Å². The van der Waals surface area contributed by atoms with Gasteiger partial charge in [0.15, 0.2) is 0 Å². The molecule has 0 aliphatic heterocycles. The van der Waals surface area contributed by atoms with E-state index in [4.69, 9.17) is 23.2 Å². The van der Waals surface area contributed by atoms with Crippen LogP contribution in [0.15, 0.2) is 35.5 Å². The summed E-state index contributed by atoms with van der Waals surface area (Å²) < 4.78 is 0. The highest BCUT2D eigenvalue weighted by Gasteiger charge is 2.01. The molecule has 1 heterocycles. The second-order valence-electron chi connectivity index (χ2n) is 4.34. The summed E-state index contributed by atoms with van der Waals surface area (Å²) in [6.07, 6.45) is 3.16. The van der Waals surface area contributed by atoms with Crippen LogP contribution in [0.3, 0.4) is 0 Å². The van der Waals surface area contributed by atoms with Gasteiger partial charge in [0.1, 0.15) is 5.15 Å². The molecule has 0 bridgehead atoms. The third kappa shape index (κ3) is 4.75. The minimum atomic E-state index is 0.275. The van der Waals surface area contributed by atoms with Crippen LogP contribution in [0.5, 0.6) is 0 Å². The van der Waals surface area contributed by atoms with Crippen molar-refractivity contribution in [2.45, 2.75) is 0 Å². The minimum absolute atomic E-state index is 0.275. The zero-order chi connectivity index (χ0) is 15.2. The van der Waals surface area contributed by atoms with E-state index >= 15 is 0 Å². The van der Waals surface area contributed by atoms with E-state index in [2.05, 4.69) is 26.8 Å².